The molecule has 60 heavy (non-hydrogen) atoms. The number of benzene rings is 10. The zero-order valence-electron chi connectivity index (χ0n) is 42.3. The normalized spacial score (nSPS) is 14.8. The average molecular weight is 774 g/mol. The Morgan fingerprint density at radius 2 is 0.800 bits per heavy atom. The summed E-state index contributed by atoms with van der Waals surface area (Å²) in [6.45, 7) is 0. The summed E-state index contributed by atoms with van der Waals surface area (Å²) in [5.74, 6) is 0. The fourth-order valence-electron chi connectivity index (χ4n) is 9.11. The molecule has 0 saturated heterocycles. The van der Waals surface area contributed by atoms with Gasteiger partial charge in [0.15, 0.2) is 0 Å². The van der Waals surface area contributed by atoms with Gasteiger partial charge >= 0.3 is 0 Å². The van der Waals surface area contributed by atoms with E-state index in [2.05, 4.69) is 132 Å². The van der Waals surface area contributed by atoms with Crippen molar-refractivity contribution in [2.45, 2.75) is 5.41 Å². The molecule has 1 aliphatic carbocycles. The van der Waals surface area contributed by atoms with Gasteiger partial charge in [0.2, 0.25) is 0 Å². The van der Waals surface area contributed by atoms with Gasteiger partial charge in [0.05, 0.1) is 24.8 Å². The third-order valence-corrected chi connectivity index (χ3v) is 11.7. The second-order valence-corrected chi connectivity index (χ2v) is 14.9. The summed E-state index contributed by atoms with van der Waals surface area (Å²) < 4.78 is 84.2. The van der Waals surface area contributed by atoms with E-state index in [1.807, 2.05) is 36.4 Å². The Bertz CT molecular complexity index is 3500. The van der Waals surface area contributed by atoms with Crippen molar-refractivity contribution in [2.24, 2.45) is 0 Å². The fourth-order valence-corrected chi connectivity index (χ4v) is 9.11. The Hall–Kier alpha value is -7.74. The topological polar surface area (TPSA) is 3.24 Å². The molecule has 282 valence electrons. The van der Waals surface area contributed by atoms with E-state index < -0.39 is 41.7 Å². The summed E-state index contributed by atoms with van der Waals surface area (Å²) in [4.78, 5) is 2.07. The minimum atomic E-state index is -0.584. The Labute approximate surface area is 366 Å². The van der Waals surface area contributed by atoms with Crippen LogP contribution in [0.25, 0.3) is 55.3 Å². The molecule has 1 heteroatoms. The maximum atomic E-state index is 8.66. The molecule has 0 spiro atoms. The highest BCUT2D eigenvalue weighted by Crippen LogP contribution is 2.57. The van der Waals surface area contributed by atoms with Gasteiger partial charge in [-0.2, -0.15) is 0 Å². The lowest BCUT2D eigenvalue weighted by molar-refractivity contribution is 0.769. The molecular formula is C59H41N. The zero-order chi connectivity index (χ0) is 48.6. The minimum absolute atomic E-state index is 0.0999. The van der Waals surface area contributed by atoms with E-state index >= 15 is 0 Å². The Kier molecular flexibility index (Phi) is 6.53. The predicted molar refractivity (Wildman–Crippen MR) is 252 cm³/mol. The maximum Gasteiger partial charge on any atom is 0.0713 e. The Morgan fingerprint density at radius 1 is 0.333 bits per heavy atom. The second kappa shape index (κ2) is 14.9. The van der Waals surface area contributed by atoms with Crippen molar-refractivity contribution in [1.29, 1.82) is 0 Å². The van der Waals surface area contributed by atoms with Gasteiger partial charge in [0, 0.05) is 16.8 Å². The molecule has 0 atom stereocenters. The van der Waals surface area contributed by atoms with Gasteiger partial charge in [-0.05, 0) is 109 Å². The lowest BCUT2D eigenvalue weighted by Crippen LogP contribution is -2.28. The number of rotatable bonds is 8. The highest BCUT2D eigenvalue weighted by molar-refractivity contribution is 6.07. The van der Waals surface area contributed by atoms with Crippen molar-refractivity contribution in [3.8, 4) is 44.5 Å². The standard InChI is InChI=1S/C59H41N/c1-5-17-42(18-6-1)44-29-34-49(35-30-44)60(50-36-31-45(32-37-50)43-19-7-2-8-20-43)58-40-39-51(52-25-13-14-27-55(52)58)46-33-38-54-53-26-15-16-28-56(53)59(57(54)41-46,47-21-9-3-10-22-47)48-23-11-4-12-24-48/h1-41H/i1D,2D,5D,6D,7D,8D,17D,18D,19D,20D. The summed E-state index contributed by atoms with van der Waals surface area (Å²) in [5.41, 5.74) is 12.0. The van der Waals surface area contributed by atoms with E-state index in [0.717, 1.165) is 27.6 Å². The molecule has 0 heterocycles. The molecule has 0 amide bonds. The molecule has 10 aromatic carbocycles. The fraction of sp³-hybridized carbons (Fsp3) is 0.0169. The monoisotopic (exact) mass is 773 g/mol. The smallest absolute Gasteiger partial charge is 0.0713 e. The van der Waals surface area contributed by atoms with Crippen molar-refractivity contribution in [3.05, 3.63) is 271 Å². The quantitative estimate of drug-likeness (QED) is 0.149. The molecule has 1 aliphatic rings. The van der Waals surface area contributed by atoms with E-state index in [4.69, 9.17) is 13.7 Å². The summed E-state index contributed by atoms with van der Waals surface area (Å²) in [6, 6.07) is 60.1. The molecule has 1 nitrogen and oxygen atoms in total. The predicted octanol–water partition coefficient (Wildman–Crippen LogP) is 15.7. The van der Waals surface area contributed by atoms with Gasteiger partial charge in [0.1, 0.15) is 0 Å². The van der Waals surface area contributed by atoms with Gasteiger partial charge in [-0.15, -0.1) is 0 Å². The number of hydrogen-bond acceptors (Lipinski definition) is 1. The average Bonchev–Trinajstić information content (AvgIpc) is 3.70. The van der Waals surface area contributed by atoms with Crippen molar-refractivity contribution in [2.75, 3.05) is 4.90 Å². The van der Waals surface area contributed by atoms with Crippen LogP contribution >= 0.6 is 0 Å². The van der Waals surface area contributed by atoms with Crippen LogP contribution in [0.15, 0.2) is 248 Å². The highest BCUT2D eigenvalue weighted by atomic mass is 15.1. The summed E-state index contributed by atoms with van der Waals surface area (Å²) >= 11 is 0. The summed E-state index contributed by atoms with van der Waals surface area (Å²) in [6.07, 6.45) is 0. The Balaban J connectivity index is 1.09. The lowest BCUT2D eigenvalue weighted by atomic mass is 9.67. The SMILES string of the molecule is [2H]c1c([2H])c([2H])c(-c2ccc(N(c3ccc(-c4c([2H])c([2H])c([2H])c([2H])c4[2H])cc3)c3ccc(-c4ccc5c(c4)C(c4ccccc4)(c4ccccc4)c4ccccc4-5)c4ccccc34)cc2)c([2H])c1[2H]. The third kappa shape index (κ3) is 5.86. The maximum absolute atomic E-state index is 8.66. The van der Waals surface area contributed by atoms with Crippen molar-refractivity contribution < 1.29 is 13.7 Å². The molecule has 0 saturated carbocycles. The molecule has 0 N–H and O–H groups in total. The summed E-state index contributed by atoms with van der Waals surface area (Å²) in [5, 5.41) is 1.93. The molecule has 0 radical (unpaired) electrons. The first-order valence-corrected chi connectivity index (χ1v) is 19.9. The van der Waals surface area contributed by atoms with Gasteiger partial charge in [-0.1, -0.05) is 212 Å². The highest BCUT2D eigenvalue weighted by Gasteiger charge is 2.46. The first-order chi connectivity index (χ1) is 33.9. The molecule has 0 fully saturated rings. The van der Waals surface area contributed by atoms with E-state index in [-0.39, 0.29) is 35.3 Å². The van der Waals surface area contributed by atoms with Gasteiger partial charge in [-0.25, -0.2) is 0 Å². The Morgan fingerprint density at radius 3 is 1.38 bits per heavy atom. The van der Waals surface area contributed by atoms with Crippen molar-refractivity contribution in [1.82, 2.24) is 0 Å². The van der Waals surface area contributed by atoms with Crippen LogP contribution in [0.1, 0.15) is 36.0 Å². The first-order valence-electron chi connectivity index (χ1n) is 24.9. The van der Waals surface area contributed by atoms with Gasteiger partial charge in [0.25, 0.3) is 0 Å². The van der Waals surface area contributed by atoms with E-state index in [1.165, 1.54) is 33.4 Å². The largest absolute Gasteiger partial charge is 0.310 e. The molecule has 11 rings (SSSR count). The van der Waals surface area contributed by atoms with Crippen LogP contribution in [-0.4, -0.2) is 0 Å². The van der Waals surface area contributed by atoms with E-state index in [9.17, 15) is 0 Å². The molecule has 0 aromatic heterocycles. The van der Waals surface area contributed by atoms with E-state index in [1.54, 1.807) is 24.3 Å². The first kappa shape index (κ1) is 26.3. The number of nitrogens with zero attached hydrogens (tertiary/aromatic N) is 1. The number of anilines is 3. The van der Waals surface area contributed by atoms with Gasteiger partial charge in [-0.3, -0.25) is 0 Å². The van der Waals surface area contributed by atoms with Crippen LogP contribution in [-0.2, 0) is 5.41 Å². The minimum Gasteiger partial charge on any atom is -0.310 e. The van der Waals surface area contributed by atoms with Crippen LogP contribution in [0.5, 0.6) is 0 Å². The molecule has 0 bridgehead atoms. The second-order valence-electron chi connectivity index (χ2n) is 14.9. The molecule has 0 aliphatic heterocycles. The van der Waals surface area contributed by atoms with E-state index in [0.29, 0.717) is 22.5 Å². The summed E-state index contributed by atoms with van der Waals surface area (Å²) in [7, 11) is 0. The van der Waals surface area contributed by atoms with Crippen LogP contribution < -0.4 is 4.90 Å². The lowest BCUT2D eigenvalue weighted by Gasteiger charge is -2.34. The molecular weight excluding hydrogens is 723 g/mol. The van der Waals surface area contributed by atoms with Crippen LogP contribution in [0.4, 0.5) is 17.1 Å². The third-order valence-electron chi connectivity index (χ3n) is 11.7. The van der Waals surface area contributed by atoms with Crippen LogP contribution in [0.3, 0.4) is 0 Å². The number of hydrogen-bond donors (Lipinski definition) is 0. The van der Waals surface area contributed by atoms with Crippen molar-refractivity contribution in [3.63, 3.8) is 0 Å². The van der Waals surface area contributed by atoms with Crippen molar-refractivity contribution >= 4 is 27.8 Å². The molecule has 0 unspecified atom stereocenters. The van der Waals surface area contributed by atoms with Crippen LogP contribution in [0.2, 0.25) is 0 Å². The van der Waals surface area contributed by atoms with Gasteiger partial charge < -0.3 is 4.90 Å². The molecule has 10 aromatic rings. The number of fused-ring (bicyclic) bond motifs is 4. The van der Waals surface area contributed by atoms with Crippen LogP contribution in [0, 0.1) is 0 Å². The zero-order valence-corrected chi connectivity index (χ0v) is 32.3.